The lowest BCUT2D eigenvalue weighted by Gasteiger charge is -2.16. The van der Waals surface area contributed by atoms with E-state index in [9.17, 15) is 9.59 Å². The first-order valence-electron chi connectivity index (χ1n) is 6.96. The third kappa shape index (κ3) is 2.56. The van der Waals surface area contributed by atoms with Crippen LogP contribution in [0.5, 0.6) is 0 Å². The van der Waals surface area contributed by atoms with Gasteiger partial charge < -0.3 is 4.74 Å². The van der Waals surface area contributed by atoms with Gasteiger partial charge >= 0.3 is 0 Å². The molecular formula is C18H15NO3. The number of nitrogens with zero attached hydrogens (tertiary/aromatic N) is 1. The molecule has 22 heavy (non-hydrogen) atoms. The van der Waals surface area contributed by atoms with Crippen LogP contribution in [-0.4, -0.2) is 23.3 Å². The van der Waals surface area contributed by atoms with Crippen LogP contribution in [0.2, 0.25) is 0 Å². The maximum absolute atomic E-state index is 12.3. The van der Waals surface area contributed by atoms with Crippen LogP contribution in [-0.2, 0) is 11.3 Å². The molecule has 4 heteroatoms. The second-order valence-corrected chi connectivity index (χ2v) is 5.04. The van der Waals surface area contributed by atoms with Gasteiger partial charge in [0.05, 0.1) is 24.3 Å². The number of hydrogen-bond acceptors (Lipinski definition) is 3. The molecule has 0 unspecified atom stereocenters. The predicted molar refractivity (Wildman–Crippen MR) is 82.2 cm³/mol. The van der Waals surface area contributed by atoms with Crippen LogP contribution in [0.4, 0.5) is 0 Å². The van der Waals surface area contributed by atoms with E-state index in [4.69, 9.17) is 4.74 Å². The lowest BCUT2D eigenvalue weighted by atomic mass is 10.1. The Hall–Kier alpha value is -2.72. The smallest absolute Gasteiger partial charge is 0.265 e. The van der Waals surface area contributed by atoms with Gasteiger partial charge in [0.1, 0.15) is 0 Å². The van der Waals surface area contributed by atoms with E-state index >= 15 is 0 Å². The van der Waals surface area contributed by atoms with E-state index in [0.29, 0.717) is 23.4 Å². The van der Waals surface area contributed by atoms with Crippen molar-refractivity contribution in [3.05, 3.63) is 83.6 Å². The van der Waals surface area contributed by atoms with Gasteiger partial charge in [-0.2, -0.15) is 0 Å². The highest BCUT2D eigenvalue weighted by Gasteiger charge is 2.36. The van der Waals surface area contributed by atoms with E-state index in [0.717, 1.165) is 10.5 Å². The molecule has 0 saturated heterocycles. The summed E-state index contributed by atoms with van der Waals surface area (Å²) in [7, 11) is 0. The minimum Gasteiger partial charge on any atom is -0.371 e. The predicted octanol–water partition coefficient (Wildman–Crippen LogP) is 3.01. The maximum Gasteiger partial charge on any atom is 0.265 e. The van der Waals surface area contributed by atoms with Crippen LogP contribution in [0.3, 0.4) is 0 Å². The highest BCUT2D eigenvalue weighted by Crippen LogP contribution is 2.25. The normalized spacial score (nSPS) is 13.4. The highest BCUT2D eigenvalue weighted by atomic mass is 16.5. The Morgan fingerprint density at radius 3 is 2.05 bits per heavy atom. The lowest BCUT2D eigenvalue weighted by molar-refractivity contribution is 0.0646. The summed E-state index contributed by atoms with van der Waals surface area (Å²) < 4.78 is 5.54. The molecule has 0 fully saturated rings. The number of rotatable bonds is 5. The number of ether oxygens (including phenoxy) is 1. The third-order valence-electron chi connectivity index (χ3n) is 3.49. The highest BCUT2D eigenvalue weighted by molar-refractivity contribution is 6.22. The first kappa shape index (κ1) is 14.2. The molecule has 0 atom stereocenters. The number of carbonyl (C=O) groups is 2. The summed E-state index contributed by atoms with van der Waals surface area (Å²) in [6.45, 7) is 4.34. The molecule has 0 aliphatic carbocycles. The van der Waals surface area contributed by atoms with E-state index in [1.807, 2.05) is 30.3 Å². The summed E-state index contributed by atoms with van der Waals surface area (Å²) in [5, 5.41) is 0. The van der Waals surface area contributed by atoms with Crippen LogP contribution in [0.1, 0.15) is 26.3 Å². The van der Waals surface area contributed by atoms with Crippen molar-refractivity contribution in [2.75, 3.05) is 6.61 Å². The van der Waals surface area contributed by atoms with Gasteiger partial charge in [-0.15, -0.1) is 0 Å². The van der Waals surface area contributed by atoms with Crippen LogP contribution >= 0.6 is 0 Å². The number of hydrogen-bond donors (Lipinski definition) is 0. The summed E-state index contributed by atoms with van der Waals surface area (Å²) in [4.78, 5) is 25.6. The van der Waals surface area contributed by atoms with Gasteiger partial charge in [0, 0.05) is 5.70 Å². The average molecular weight is 293 g/mol. The van der Waals surface area contributed by atoms with Crippen molar-refractivity contribution in [3.8, 4) is 0 Å². The van der Waals surface area contributed by atoms with Gasteiger partial charge in [-0.1, -0.05) is 49.0 Å². The number of carbonyl (C=O) groups excluding carboxylic acids is 2. The molecule has 2 aromatic carbocycles. The van der Waals surface area contributed by atoms with Crippen molar-refractivity contribution < 1.29 is 14.3 Å². The van der Waals surface area contributed by atoms with Gasteiger partial charge in [-0.3, -0.25) is 9.59 Å². The van der Waals surface area contributed by atoms with Gasteiger partial charge in [0.2, 0.25) is 0 Å². The summed E-state index contributed by atoms with van der Waals surface area (Å²) in [6.07, 6.45) is 0. The first-order valence-corrected chi connectivity index (χ1v) is 6.96. The second-order valence-electron chi connectivity index (χ2n) is 5.04. The molecule has 2 amide bonds. The number of fused-ring (bicyclic) bond motifs is 1. The summed E-state index contributed by atoms with van der Waals surface area (Å²) in [5.74, 6) is -0.678. The Morgan fingerprint density at radius 1 is 0.909 bits per heavy atom. The monoisotopic (exact) mass is 293 g/mol. The van der Waals surface area contributed by atoms with Gasteiger partial charge in [-0.25, -0.2) is 4.90 Å². The Kier molecular flexibility index (Phi) is 3.85. The minimum atomic E-state index is -0.339. The van der Waals surface area contributed by atoms with Crippen LogP contribution in [0.15, 0.2) is 66.9 Å². The fourth-order valence-electron chi connectivity index (χ4n) is 2.40. The summed E-state index contributed by atoms with van der Waals surface area (Å²) in [6, 6.07) is 16.5. The van der Waals surface area contributed by atoms with E-state index in [1.165, 1.54) is 0 Å². The molecule has 2 aromatic rings. The Morgan fingerprint density at radius 2 is 1.45 bits per heavy atom. The fourth-order valence-corrected chi connectivity index (χ4v) is 2.40. The van der Waals surface area contributed by atoms with Crippen molar-refractivity contribution in [1.29, 1.82) is 0 Å². The zero-order valence-corrected chi connectivity index (χ0v) is 12.0. The Labute approximate surface area is 128 Å². The van der Waals surface area contributed by atoms with E-state index < -0.39 is 0 Å². The first-order chi connectivity index (χ1) is 10.7. The standard InChI is InChI=1S/C18H15NO3/c1-13(11-22-12-14-7-3-2-4-8-14)19-17(20)15-9-5-6-10-16(15)18(19)21/h2-10H,1,11-12H2. The minimum absolute atomic E-state index is 0.125. The maximum atomic E-state index is 12.3. The number of amides is 2. The second kappa shape index (κ2) is 5.95. The van der Waals surface area contributed by atoms with E-state index in [2.05, 4.69) is 6.58 Å². The molecule has 1 aliphatic rings. The van der Waals surface area contributed by atoms with Crippen molar-refractivity contribution >= 4 is 11.8 Å². The van der Waals surface area contributed by atoms with Crippen LogP contribution in [0, 0.1) is 0 Å². The third-order valence-corrected chi connectivity index (χ3v) is 3.49. The van der Waals surface area contributed by atoms with Crippen LogP contribution in [0.25, 0.3) is 0 Å². The molecule has 0 radical (unpaired) electrons. The fraction of sp³-hybridized carbons (Fsp3) is 0.111. The molecule has 0 saturated carbocycles. The van der Waals surface area contributed by atoms with Crippen molar-refractivity contribution in [2.24, 2.45) is 0 Å². The molecule has 0 spiro atoms. The Balaban J connectivity index is 1.64. The van der Waals surface area contributed by atoms with E-state index in [-0.39, 0.29) is 18.4 Å². The molecule has 1 heterocycles. The topological polar surface area (TPSA) is 46.6 Å². The van der Waals surface area contributed by atoms with E-state index in [1.54, 1.807) is 24.3 Å². The lowest BCUT2D eigenvalue weighted by Crippen LogP contribution is -2.30. The Bertz CT molecular complexity index is 702. The molecule has 4 nitrogen and oxygen atoms in total. The molecule has 1 aliphatic heterocycles. The summed E-state index contributed by atoms with van der Waals surface area (Å²) in [5.41, 5.74) is 2.20. The van der Waals surface area contributed by atoms with Crippen molar-refractivity contribution in [2.45, 2.75) is 6.61 Å². The van der Waals surface area contributed by atoms with Crippen molar-refractivity contribution in [1.82, 2.24) is 4.90 Å². The van der Waals surface area contributed by atoms with Gasteiger partial charge in [-0.05, 0) is 17.7 Å². The van der Waals surface area contributed by atoms with Crippen LogP contribution < -0.4 is 0 Å². The zero-order chi connectivity index (χ0) is 15.5. The number of benzene rings is 2. The quantitative estimate of drug-likeness (QED) is 0.796. The average Bonchev–Trinajstić information content (AvgIpc) is 2.80. The largest absolute Gasteiger partial charge is 0.371 e. The van der Waals surface area contributed by atoms with Gasteiger partial charge in [0.15, 0.2) is 0 Å². The molecule has 110 valence electrons. The SMILES string of the molecule is C=C(COCc1ccccc1)N1C(=O)c2ccccc2C1=O. The van der Waals surface area contributed by atoms with Crippen molar-refractivity contribution in [3.63, 3.8) is 0 Å². The summed E-state index contributed by atoms with van der Waals surface area (Å²) >= 11 is 0. The molecule has 0 N–H and O–H groups in total. The molecule has 0 bridgehead atoms. The molecule has 0 aromatic heterocycles. The zero-order valence-electron chi connectivity index (χ0n) is 12.0. The van der Waals surface area contributed by atoms with Gasteiger partial charge in [0.25, 0.3) is 11.8 Å². The molecule has 3 rings (SSSR count). The number of imide groups is 1. The molecular weight excluding hydrogens is 278 g/mol.